The standard InChI is InChI=1S/C13H20N4OS2/c1-10-14-15-13(20-10)17-4-2-3-11(9-17)12(18)16-5-7-19-8-6-16/h11H,2-9H2,1H3. The first kappa shape index (κ1) is 14.1. The third kappa shape index (κ3) is 3.09. The van der Waals surface area contributed by atoms with Gasteiger partial charge in [-0.05, 0) is 19.8 Å². The summed E-state index contributed by atoms with van der Waals surface area (Å²) in [4.78, 5) is 16.9. The van der Waals surface area contributed by atoms with E-state index in [1.165, 1.54) is 0 Å². The van der Waals surface area contributed by atoms with Crippen LogP contribution in [-0.2, 0) is 4.79 Å². The molecule has 0 saturated carbocycles. The molecule has 0 N–H and O–H groups in total. The molecule has 1 aromatic heterocycles. The maximum absolute atomic E-state index is 12.6. The second kappa shape index (κ2) is 6.30. The summed E-state index contributed by atoms with van der Waals surface area (Å²) in [5, 5.41) is 10.2. The molecule has 110 valence electrons. The van der Waals surface area contributed by atoms with Crippen molar-refractivity contribution in [1.29, 1.82) is 0 Å². The summed E-state index contributed by atoms with van der Waals surface area (Å²) in [6.07, 6.45) is 2.08. The maximum atomic E-state index is 12.6. The van der Waals surface area contributed by atoms with E-state index in [0.717, 1.165) is 60.7 Å². The van der Waals surface area contributed by atoms with Crippen molar-refractivity contribution in [2.75, 3.05) is 42.6 Å². The molecular weight excluding hydrogens is 292 g/mol. The molecule has 2 aliphatic heterocycles. The molecule has 2 aliphatic rings. The summed E-state index contributed by atoms with van der Waals surface area (Å²) in [7, 11) is 0. The highest BCUT2D eigenvalue weighted by Crippen LogP contribution is 2.27. The Morgan fingerprint density at radius 1 is 1.25 bits per heavy atom. The van der Waals surface area contributed by atoms with Gasteiger partial charge in [0.1, 0.15) is 5.01 Å². The lowest BCUT2D eigenvalue weighted by molar-refractivity contribution is -0.135. The van der Waals surface area contributed by atoms with Crippen molar-refractivity contribution < 1.29 is 4.79 Å². The van der Waals surface area contributed by atoms with Crippen LogP contribution < -0.4 is 4.90 Å². The number of aromatic nitrogens is 2. The number of anilines is 1. The third-order valence-corrected chi connectivity index (χ3v) is 5.72. The SMILES string of the molecule is Cc1nnc(N2CCCC(C(=O)N3CCSCC3)C2)s1. The predicted molar refractivity (Wildman–Crippen MR) is 83.5 cm³/mol. The van der Waals surface area contributed by atoms with Crippen LogP contribution in [0.1, 0.15) is 17.8 Å². The monoisotopic (exact) mass is 312 g/mol. The normalized spacial score (nSPS) is 23.9. The number of piperidine rings is 1. The van der Waals surface area contributed by atoms with Gasteiger partial charge in [0.2, 0.25) is 11.0 Å². The minimum absolute atomic E-state index is 0.135. The van der Waals surface area contributed by atoms with E-state index in [-0.39, 0.29) is 5.92 Å². The molecule has 2 fully saturated rings. The zero-order chi connectivity index (χ0) is 13.9. The highest BCUT2D eigenvalue weighted by Gasteiger charge is 2.31. The minimum atomic E-state index is 0.135. The summed E-state index contributed by atoms with van der Waals surface area (Å²) in [6.45, 7) is 5.60. The number of carbonyl (C=O) groups is 1. The van der Waals surface area contributed by atoms with Crippen molar-refractivity contribution in [3.8, 4) is 0 Å². The van der Waals surface area contributed by atoms with Gasteiger partial charge in [0.15, 0.2) is 0 Å². The first-order valence-corrected chi connectivity index (χ1v) is 9.13. The van der Waals surface area contributed by atoms with Crippen molar-refractivity contribution in [3.05, 3.63) is 5.01 Å². The van der Waals surface area contributed by atoms with Crippen LogP contribution in [0, 0.1) is 12.8 Å². The highest BCUT2D eigenvalue weighted by molar-refractivity contribution is 7.99. The molecule has 7 heteroatoms. The molecule has 0 aromatic carbocycles. The topological polar surface area (TPSA) is 49.3 Å². The van der Waals surface area contributed by atoms with E-state index < -0.39 is 0 Å². The fourth-order valence-corrected chi connectivity index (χ4v) is 4.43. The van der Waals surface area contributed by atoms with Crippen LogP contribution in [-0.4, -0.2) is 58.7 Å². The molecule has 0 radical (unpaired) electrons. The second-order valence-electron chi connectivity index (χ2n) is 5.33. The van der Waals surface area contributed by atoms with Crippen LogP contribution in [0.3, 0.4) is 0 Å². The van der Waals surface area contributed by atoms with E-state index in [2.05, 4.69) is 20.0 Å². The smallest absolute Gasteiger partial charge is 0.227 e. The minimum Gasteiger partial charge on any atom is -0.346 e. The molecule has 1 amide bonds. The average Bonchev–Trinajstić information content (AvgIpc) is 2.94. The molecule has 20 heavy (non-hydrogen) atoms. The van der Waals surface area contributed by atoms with Gasteiger partial charge < -0.3 is 9.80 Å². The zero-order valence-electron chi connectivity index (χ0n) is 11.7. The Morgan fingerprint density at radius 3 is 2.75 bits per heavy atom. The van der Waals surface area contributed by atoms with Crippen LogP contribution >= 0.6 is 23.1 Å². The fourth-order valence-electron chi connectivity index (χ4n) is 2.81. The Kier molecular flexibility index (Phi) is 4.45. The number of nitrogens with zero attached hydrogens (tertiary/aromatic N) is 4. The van der Waals surface area contributed by atoms with Crippen molar-refractivity contribution in [2.24, 2.45) is 5.92 Å². The van der Waals surface area contributed by atoms with E-state index in [0.29, 0.717) is 5.91 Å². The first-order valence-electron chi connectivity index (χ1n) is 7.15. The Balaban J connectivity index is 1.63. The molecule has 0 spiro atoms. The van der Waals surface area contributed by atoms with Gasteiger partial charge in [0.05, 0.1) is 5.92 Å². The van der Waals surface area contributed by atoms with Gasteiger partial charge in [-0.1, -0.05) is 11.3 Å². The predicted octanol–water partition coefficient (Wildman–Crippen LogP) is 1.64. The lowest BCUT2D eigenvalue weighted by Crippen LogP contribution is -2.47. The van der Waals surface area contributed by atoms with Crippen molar-refractivity contribution >= 4 is 34.1 Å². The number of carbonyl (C=O) groups excluding carboxylic acids is 1. The number of thioether (sulfide) groups is 1. The average molecular weight is 312 g/mol. The highest BCUT2D eigenvalue weighted by atomic mass is 32.2. The summed E-state index contributed by atoms with van der Waals surface area (Å²) >= 11 is 3.56. The zero-order valence-corrected chi connectivity index (χ0v) is 13.4. The molecular formula is C13H20N4OS2. The molecule has 3 rings (SSSR count). The van der Waals surface area contributed by atoms with Crippen LogP contribution in [0.5, 0.6) is 0 Å². The number of aryl methyl sites for hydroxylation is 1. The van der Waals surface area contributed by atoms with E-state index in [9.17, 15) is 4.79 Å². The quantitative estimate of drug-likeness (QED) is 0.831. The molecule has 1 unspecified atom stereocenters. The lowest BCUT2D eigenvalue weighted by Gasteiger charge is -2.35. The van der Waals surface area contributed by atoms with Gasteiger partial charge in [-0.25, -0.2) is 0 Å². The van der Waals surface area contributed by atoms with Crippen LogP contribution in [0.25, 0.3) is 0 Å². The Bertz CT molecular complexity index is 473. The number of rotatable bonds is 2. The second-order valence-corrected chi connectivity index (χ2v) is 7.71. The lowest BCUT2D eigenvalue weighted by atomic mass is 9.97. The Labute approximate surface area is 127 Å². The van der Waals surface area contributed by atoms with Gasteiger partial charge in [-0.3, -0.25) is 4.79 Å². The summed E-state index contributed by atoms with van der Waals surface area (Å²) in [6, 6.07) is 0. The molecule has 1 aromatic rings. The van der Waals surface area contributed by atoms with Gasteiger partial charge in [0.25, 0.3) is 0 Å². The van der Waals surface area contributed by atoms with E-state index >= 15 is 0 Å². The van der Waals surface area contributed by atoms with Crippen molar-refractivity contribution in [1.82, 2.24) is 15.1 Å². The molecule has 0 bridgehead atoms. The molecule has 2 saturated heterocycles. The summed E-state index contributed by atoms with van der Waals surface area (Å²) < 4.78 is 0. The van der Waals surface area contributed by atoms with Gasteiger partial charge >= 0.3 is 0 Å². The molecule has 0 aliphatic carbocycles. The van der Waals surface area contributed by atoms with Crippen molar-refractivity contribution in [2.45, 2.75) is 19.8 Å². The van der Waals surface area contributed by atoms with Gasteiger partial charge in [-0.2, -0.15) is 11.8 Å². The van der Waals surface area contributed by atoms with E-state index in [1.807, 2.05) is 18.7 Å². The van der Waals surface area contributed by atoms with Crippen LogP contribution in [0.2, 0.25) is 0 Å². The number of amides is 1. The third-order valence-electron chi connectivity index (χ3n) is 3.88. The summed E-state index contributed by atoms with van der Waals surface area (Å²) in [5.41, 5.74) is 0. The Hall–Kier alpha value is -0.820. The van der Waals surface area contributed by atoms with E-state index in [1.54, 1.807) is 11.3 Å². The first-order chi connectivity index (χ1) is 9.74. The number of hydrogen-bond donors (Lipinski definition) is 0. The van der Waals surface area contributed by atoms with Crippen LogP contribution in [0.15, 0.2) is 0 Å². The van der Waals surface area contributed by atoms with Gasteiger partial charge in [0, 0.05) is 37.7 Å². The fraction of sp³-hybridized carbons (Fsp3) is 0.769. The Morgan fingerprint density at radius 2 is 2.05 bits per heavy atom. The maximum Gasteiger partial charge on any atom is 0.227 e. The summed E-state index contributed by atoms with van der Waals surface area (Å²) in [5.74, 6) is 2.64. The van der Waals surface area contributed by atoms with Crippen molar-refractivity contribution in [3.63, 3.8) is 0 Å². The molecule has 1 atom stereocenters. The molecule has 3 heterocycles. The van der Waals surface area contributed by atoms with E-state index in [4.69, 9.17) is 0 Å². The molecule has 5 nitrogen and oxygen atoms in total. The van der Waals surface area contributed by atoms with Gasteiger partial charge in [-0.15, -0.1) is 10.2 Å². The largest absolute Gasteiger partial charge is 0.346 e. The number of hydrogen-bond acceptors (Lipinski definition) is 6. The van der Waals surface area contributed by atoms with Crippen LogP contribution in [0.4, 0.5) is 5.13 Å².